The number of amides is 2. The molecule has 7 nitrogen and oxygen atoms in total. The second kappa shape index (κ2) is 8.86. The lowest BCUT2D eigenvalue weighted by Crippen LogP contribution is -2.41. The predicted octanol–water partition coefficient (Wildman–Crippen LogP) is 2.15. The summed E-state index contributed by atoms with van der Waals surface area (Å²) in [4.78, 5) is 32.1. The number of rotatable bonds is 7. The maximum absolute atomic E-state index is 12.5. The number of nitrogens with zero attached hydrogens (tertiary/aromatic N) is 2. The number of carbonyl (C=O) groups is 1. The van der Waals surface area contributed by atoms with E-state index in [1.807, 2.05) is 24.3 Å². The van der Waals surface area contributed by atoms with Crippen molar-refractivity contribution in [2.45, 2.75) is 26.9 Å². The first-order valence-electron chi connectivity index (χ1n) is 8.17. The zero-order valence-electron chi connectivity index (χ0n) is 14.8. The molecule has 0 aliphatic heterocycles. The summed E-state index contributed by atoms with van der Waals surface area (Å²) in [5.41, 5.74) is 1.30. The first-order valence-corrected chi connectivity index (χ1v) is 8.17. The van der Waals surface area contributed by atoms with Gasteiger partial charge in [0, 0.05) is 19.2 Å². The molecule has 2 rings (SSSR count). The summed E-state index contributed by atoms with van der Waals surface area (Å²) >= 11 is 0. The monoisotopic (exact) mass is 344 g/mol. The Kier molecular flexibility index (Phi) is 6.56. The van der Waals surface area contributed by atoms with E-state index in [2.05, 4.69) is 29.1 Å². The molecule has 25 heavy (non-hydrogen) atoms. The Morgan fingerprint density at radius 1 is 1.32 bits per heavy atom. The van der Waals surface area contributed by atoms with Crippen LogP contribution in [0.4, 0.5) is 4.79 Å². The molecule has 1 heterocycles. The molecule has 134 valence electrons. The third-order valence-corrected chi connectivity index (χ3v) is 3.56. The number of ether oxygens (including phenoxy) is 1. The Hall–Kier alpha value is -2.83. The van der Waals surface area contributed by atoms with Gasteiger partial charge in [-0.15, -0.1) is 0 Å². The second-order valence-electron chi connectivity index (χ2n) is 6.18. The van der Waals surface area contributed by atoms with Gasteiger partial charge < -0.3 is 19.9 Å². The van der Waals surface area contributed by atoms with Gasteiger partial charge in [0.15, 0.2) is 0 Å². The van der Waals surface area contributed by atoms with Crippen LogP contribution in [0.5, 0.6) is 5.75 Å². The maximum atomic E-state index is 12.5. The SMILES string of the molecule is COc1ccc(CN(CC(C)C)C(=O)NCc2cc(=O)[nH]cn2)cc1. The highest BCUT2D eigenvalue weighted by Crippen LogP contribution is 2.14. The average molecular weight is 344 g/mol. The van der Waals surface area contributed by atoms with Crippen molar-refractivity contribution in [2.24, 2.45) is 5.92 Å². The summed E-state index contributed by atoms with van der Waals surface area (Å²) in [5.74, 6) is 1.12. The smallest absolute Gasteiger partial charge is 0.318 e. The van der Waals surface area contributed by atoms with Gasteiger partial charge in [0.1, 0.15) is 5.75 Å². The molecule has 1 aromatic carbocycles. The number of carbonyl (C=O) groups excluding carboxylic acids is 1. The molecule has 0 atom stereocenters. The van der Waals surface area contributed by atoms with Crippen molar-refractivity contribution in [3.63, 3.8) is 0 Å². The quantitative estimate of drug-likeness (QED) is 0.806. The number of methoxy groups -OCH3 is 1. The Morgan fingerprint density at radius 3 is 2.64 bits per heavy atom. The van der Waals surface area contributed by atoms with Crippen molar-refractivity contribution < 1.29 is 9.53 Å². The van der Waals surface area contributed by atoms with Gasteiger partial charge in [0.25, 0.3) is 5.56 Å². The van der Waals surface area contributed by atoms with E-state index in [9.17, 15) is 9.59 Å². The van der Waals surface area contributed by atoms with Gasteiger partial charge in [0.2, 0.25) is 0 Å². The highest BCUT2D eigenvalue weighted by atomic mass is 16.5. The average Bonchev–Trinajstić information content (AvgIpc) is 2.59. The number of benzene rings is 1. The molecule has 0 aliphatic rings. The molecule has 2 N–H and O–H groups in total. The molecule has 1 aromatic heterocycles. The van der Waals surface area contributed by atoms with E-state index < -0.39 is 0 Å². The minimum atomic E-state index is -0.239. The highest BCUT2D eigenvalue weighted by molar-refractivity contribution is 5.74. The summed E-state index contributed by atoms with van der Waals surface area (Å²) in [5, 5.41) is 2.82. The summed E-state index contributed by atoms with van der Waals surface area (Å²) in [7, 11) is 1.62. The Morgan fingerprint density at radius 2 is 2.04 bits per heavy atom. The molecule has 7 heteroatoms. The van der Waals surface area contributed by atoms with Crippen molar-refractivity contribution in [1.82, 2.24) is 20.2 Å². The van der Waals surface area contributed by atoms with E-state index in [1.54, 1.807) is 12.0 Å². The number of H-pyrrole nitrogens is 1. The van der Waals surface area contributed by atoms with E-state index in [1.165, 1.54) is 12.4 Å². The minimum Gasteiger partial charge on any atom is -0.497 e. The molecule has 2 aromatic rings. The number of aromatic amines is 1. The molecule has 0 bridgehead atoms. The first kappa shape index (κ1) is 18.5. The highest BCUT2D eigenvalue weighted by Gasteiger charge is 2.15. The standard InChI is InChI=1S/C18H24N4O3/c1-13(2)10-22(11-14-4-6-16(25-3)7-5-14)18(24)19-9-15-8-17(23)21-12-20-15/h4-8,12-13H,9-11H2,1-3H3,(H,19,24)(H,20,21,23). The van der Waals surface area contributed by atoms with E-state index in [-0.39, 0.29) is 18.1 Å². The predicted molar refractivity (Wildman–Crippen MR) is 95.3 cm³/mol. The third-order valence-electron chi connectivity index (χ3n) is 3.56. The van der Waals surface area contributed by atoms with Crippen molar-refractivity contribution >= 4 is 6.03 Å². The largest absolute Gasteiger partial charge is 0.497 e. The zero-order chi connectivity index (χ0) is 18.2. The molecule has 2 amide bonds. The van der Waals surface area contributed by atoms with E-state index in [4.69, 9.17) is 4.74 Å². The van der Waals surface area contributed by atoms with Crippen molar-refractivity contribution in [3.05, 3.63) is 58.3 Å². The van der Waals surface area contributed by atoms with Crippen LogP contribution in [0.3, 0.4) is 0 Å². The van der Waals surface area contributed by atoms with Crippen LogP contribution in [0.1, 0.15) is 25.1 Å². The zero-order valence-corrected chi connectivity index (χ0v) is 14.8. The number of hydrogen-bond acceptors (Lipinski definition) is 4. The molecule has 0 radical (unpaired) electrons. The lowest BCUT2D eigenvalue weighted by Gasteiger charge is -2.25. The minimum absolute atomic E-state index is 0.188. The van der Waals surface area contributed by atoms with Gasteiger partial charge in [-0.25, -0.2) is 9.78 Å². The first-order chi connectivity index (χ1) is 12.0. The molecular formula is C18H24N4O3. The number of urea groups is 1. The van der Waals surface area contributed by atoms with E-state index in [0.717, 1.165) is 11.3 Å². The van der Waals surface area contributed by atoms with Crippen LogP contribution in [-0.2, 0) is 13.1 Å². The second-order valence-corrected chi connectivity index (χ2v) is 6.18. The lowest BCUT2D eigenvalue weighted by atomic mass is 10.1. The molecule has 0 unspecified atom stereocenters. The molecule has 0 saturated heterocycles. The van der Waals surface area contributed by atoms with Crippen molar-refractivity contribution in [1.29, 1.82) is 0 Å². The van der Waals surface area contributed by atoms with Gasteiger partial charge in [-0.2, -0.15) is 0 Å². The van der Waals surface area contributed by atoms with Crippen LogP contribution < -0.4 is 15.6 Å². The molecule has 0 spiro atoms. The fourth-order valence-electron chi connectivity index (χ4n) is 2.40. The number of nitrogens with one attached hydrogen (secondary N) is 2. The number of aromatic nitrogens is 2. The third kappa shape index (κ3) is 5.95. The normalized spacial score (nSPS) is 10.6. The van der Waals surface area contributed by atoms with Crippen LogP contribution in [0.15, 0.2) is 41.5 Å². The fraction of sp³-hybridized carbons (Fsp3) is 0.389. The Balaban J connectivity index is 2.01. The topological polar surface area (TPSA) is 87.3 Å². The molecular weight excluding hydrogens is 320 g/mol. The Labute approximate surface area is 147 Å². The fourth-order valence-corrected chi connectivity index (χ4v) is 2.40. The maximum Gasteiger partial charge on any atom is 0.318 e. The Bertz CT molecular complexity index is 740. The van der Waals surface area contributed by atoms with Gasteiger partial charge >= 0.3 is 6.03 Å². The molecule has 0 fully saturated rings. The van der Waals surface area contributed by atoms with Crippen LogP contribution in [0.25, 0.3) is 0 Å². The van der Waals surface area contributed by atoms with Crippen molar-refractivity contribution in [2.75, 3.05) is 13.7 Å². The number of hydrogen-bond donors (Lipinski definition) is 2. The summed E-state index contributed by atoms with van der Waals surface area (Å²) in [6.07, 6.45) is 1.33. The lowest BCUT2D eigenvalue weighted by molar-refractivity contribution is 0.187. The van der Waals surface area contributed by atoms with Gasteiger partial charge in [-0.3, -0.25) is 4.79 Å². The van der Waals surface area contributed by atoms with E-state index >= 15 is 0 Å². The molecule has 0 saturated carbocycles. The summed E-state index contributed by atoms with van der Waals surface area (Å²) in [6.45, 7) is 5.45. The van der Waals surface area contributed by atoms with Crippen LogP contribution in [-0.4, -0.2) is 34.6 Å². The molecule has 0 aliphatic carbocycles. The summed E-state index contributed by atoms with van der Waals surface area (Å²) < 4.78 is 5.16. The van der Waals surface area contributed by atoms with Crippen LogP contribution in [0.2, 0.25) is 0 Å². The van der Waals surface area contributed by atoms with Crippen molar-refractivity contribution in [3.8, 4) is 5.75 Å². The van der Waals surface area contributed by atoms with Gasteiger partial charge in [0.05, 0.1) is 25.7 Å². The summed E-state index contributed by atoms with van der Waals surface area (Å²) in [6, 6.07) is 8.82. The van der Waals surface area contributed by atoms with E-state index in [0.29, 0.717) is 24.7 Å². The van der Waals surface area contributed by atoms with Gasteiger partial charge in [-0.05, 0) is 23.6 Å². The van der Waals surface area contributed by atoms with Crippen LogP contribution in [0, 0.1) is 5.92 Å². The van der Waals surface area contributed by atoms with Crippen LogP contribution >= 0.6 is 0 Å². The van der Waals surface area contributed by atoms with Gasteiger partial charge in [-0.1, -0.05) is 26.0 Å².